The van der Waals surface area contributed by atoms with Crippen molar-refractivity contribution in [1.82, 2.24) is 10.9 Å². The molecular weight excluding hydrogens is 240 g/mol. The lowest BCUT2D eigenvalue weighted by Crippen LogP contribution is -2.47. The number of carbonyl (C=O) groups is 2. The van der Waals surface area contributed by atoms with Gasteiger partial charge in [-0.3, -0.25) is 9.59 Å². The zero-order valence-corrected chi connectivity index (χ0v) is 10.8. The molecule has 0 fully saturated rings. The highest BCUT2D eigenvalue weighted by Gasteiger charge is 2.30. The van der Waals surface area contributed by atoms with Gasteiger partial charge in [0.05, 0.1) is 0 Å². The first-order valence-electron chi connectivity index (χ1n) is 5.23. The summed E-state index contributed by atoms with van der Waals surface area (Å²) < 4.78 is 0. The quantitative estimate of drug-likeness (QED) is 0.362. The predicted octanol–water partition coefficient (Wildman–Crippen LogP) is -1.27. The molecule has 4 N–H and O–H groups in total. The van der Waals surface area contributed by atoms with Crippen LogP contribution in [-0.4, -0.2) is 45.7 Å². The minimum absolute atomic E-state index is 0.556. The summed E-state index contributed by atoms with van der Waals surface area (Å²) >= 11 is 0. The van der Waals surface area contributed by atoms with E-state index in [4.69, 9.17) is 0 Å². The molecule has 18 heavy (non-hydrogen) atoms. The number of carbonyl (C=O) groups excluding carboxylic acids is 2. The van der Waals surface area contributed by atoms with Crippen LogP contribution in [0.25, 0.3) is 0 Å². The van der Waals surface area contributed by atoms with Crippen LogP contribution in [0.15, 0.2) is 10.2 Å². The molecule has 2 atom stereocenters. The Morgan fingerprint density at radius 1 is 0.833 bits per heavy atom. The number of hydrogen-bond acceptors (Lipinski definition) is 6. The van der Waals surface area contributed by atoms with Crippen LogP contribution < -0.4 is 10.9 Å². The number of nitrogens with zero attached hydrogens (tertiary/aromatic N) is 2. The van der Waals surface area contributed by atoms with E-state index in [-0.39, 0.29) is 0 Å². The van der Waals surface area contributed by atoms with E-state index in [0.717, 1.165) is 0 Å². The lowest BCUT2D eigenvalue weighted by Gasteiger charge is -2.14. The molecule has 0 radical (unpaired) electrons. The van der Waals surface area contributed by atoms with E-state index in [1.807, 2.05) is 10.9 Å². The van der Waals surface area contributed by atoms with Gasteiger partial charge in [0.15, 0.2) is 12.2 Å². The maximum absolute atomic E-state index is 11.3. The fourth-order valence-corrected chi connectivity index (χ4v) is 0.753. The molecule has 0 aliphatic heterocycles. The van der Waals surface area contributed by atoms with Crippen molar-refractivity contribution < 1.29 is 19.8 Å². The van der Waals surface area contributed by atoms with E-state index in [0.29, 0.717) is 11.4 Å². The van der Waals surface area contributed by atoms with Crippen molar-refractivity contribution in [2.75, 3.05) is 0 Å². The number of amides is 2. The Morgan fingerprint density at radius 2 is 1.11 bits per heavy atom. The number of aliphatic hydroxyl groups is 2. The molecule has 102 valence electrons. The van der Waals surface area contributed by atoms with Crippen LogP contribution in [0.1, 0.15) is 27.7 Å². The van der Waals surface area contributed by atoms with Crippen LogP contribution in [-0.2, 0) is 9.59 Å². The molecule has 0 spiro atoms. The summed E-state index contributed by atoms with van der Waals surface area (Å²) in [6, 6.07) is 0. The molecule has 0 aliphatic rings. The van der Waals surface area contributed by atoms with Crippen molar-refractivity contribution in [3.8, 4) is 0 Å². The molecule has 0 bridgehead atoms. The first-order chi connectivity index (χ1) is 8.25. The largest absolute Gasteiger partial charge is 0.380 e. The predicted molar refractivity (Wildman–Crippen MR) is 65.9 cm³/mol. The summed E-state index contributed by atoms with van der Waals surface area (Å²) in [6.45, 7) is 6.53. The number of rotatable bonds is 5. The van der Waals surface area contributed by atoms with Crippen molar-refractivity contribution >= 4 is 23.2 Å². The van der Waals surface area contributed by atoms with Crippen molar-refractivity contribution in [3.63, 3.8) is 0 Å². The number of hydrogen-bond donors (Lipinski definition) is 4. The third-order valence-electron chi connectivity index (χ3n) is 1.62. The third kappa shape index (κ3) is 6.06. The number of aliphatic hydroxyl groups excluding tert-OH is 2. The van der Waals surface area contributed by atoms with Crippen LogP contribution >= 0.6 is 0 Å². The molecule has 0 aromatic carbocycles. The van der Waals surface area contributed by atoms with Crippen LogP contribution in [0.3, 0.4) is 0 Å². The monoisotopic (exact) mass is 258 g/mol. The van der Waals surface area contributed by atoms with E-state index < -0.39 is 24.0 Å². The summed E-state index contributed by atoms with van der Waals surface area (Å²) in [4.78, 5) is 22.6. The van der Waals surface area contributed by atoms with Crippen molar-refractivity contribution in [2.45, 2.75) is 39.9 Å². The van der Waals surface area contributed by atoms with Crippen LogP contribution in [0.4, 0.5) is 0 Å². The van der Waals surface area contributed by atoms with Gasteiger partial charge in [-0.25, -0.2) is 10.9 Å². The Morgan fingerprint density at radius 3 is 1.33 bits per heavy atom. The van der Waals surface area contributed by atoms with Gasteiger partial charge in [0.1, 0.15) is 0 Å². The summed E-state index contributed by atoms with van der Waals surface area (Å²) in [6.07, 6.45) is -3.83. The van der Waals surface area contributed by atoms with E-state index in [1.54, 1.807) is 27.7 Å². The van der Waals surface area contributed by atoms with E-state index >= 15 is 0 Å². The summed E-state index contributed by atoms with van der Waals surface area (Å²) in [5.41, 5.74) is 5.12. The molecule has 8 heteroatoms. The second-order valence-corrected chi connectivity index (χ2v) is 3.96. The Bertz CT molecular complexity index is 334. The average Bonchev–Trinajstić information content (AvgIpc) is 2.30. The molecule has 0 heterocycles. The second-order valence-electron chi connectivity index (χ2n) is 3.96. The SMILES string of the molecule is CC(C)=NNC(=O)[C@@H](O)[C@@H](O)C(=O)NN=C(C)C. The van der Waals surface area contributed by atoms with Crippen LogP contribution in [0, 0.1) is 0 Å². The molecular formula is C10H18N4O4. The standard InChI is InChI=1S/C10H18N4O4/c1-5(2)11-13-9(17)7(15)8(16)10(18)14-12-6(3)4/h7-8,15-16H,1-4H3,(H,13,17)(H,14,18)/t7-,8+. The first-order valence-corrected chi connectivity index (χ1v) is 5.23. The van der Waals surface area contributed by atoms with E-state index in [9.17, 15) is 19.8 Å². The fourth-order valence-electron chi connectivity index (χ4n) is 0.753. The molecule has 0 rings (SSSR count). The average molecular weight is 258 g/mol. The van der Waals surface area contributed by atoms with E-state index in [2.05, 4.69) is 10.2 Å². The lowest BCUT2D eigenvalue weighted by atomic mass is 10.2. The second kappa shape index (κ2) is 7.51. The maximum Gasteiger partial charge on any atom is 0.272 e. The Hall–Kier alpha value is -1.80. The van der Waals surface area contributed by atoms with Gasteiger partial charge in [0, 0.05) is 11.4 Å². The zero-order chi connectivity index (χ0) is 14.3. The fraction of sp³-hybridized carbons (Fsp3) is 0.600. The van der Waals surface area contributed by atoms with Gasteiger partial charge >= 0.3 is 0 Å². The van der Waals surface area contributed by atoms with E-state index in [1.165, 1.54) is 0 Å². The van der Waals surface area contributed by atoms with Gasteiger partial charge in [-0.1, -0.05) is 0 Å². The first kappa shape index (κ1) is 16.2. The molecule has 2 amide bonds. The van der Waals surface area contributed by atoms with Crippen molar-refractivity contribution in [1.29, 1.82) is 0 Å². The molecule has 0 aromatic rings. The molecule has 0 saturated carbocycles. The zero-order valence-electron chi connectivity index (χ0n) is 10.8. The maximum atomic E-state index is 11.3. The molecule has 8 nitrogen and oxygen atoms in total. The molecule has 0 aromatic heterocycles. The van der Waals surface area contributed by atoms with Gasteiger partial charge in [0.25, 0.3) is 11.8 Å². The highest BCUT2D eigenvalue weighted by atomic mass is 16.3. The Labute approximate surface area is 105 Å². The molecule has 0 aliphatic carbocycles. The summed E-state index contributed by atoms with van der Waals surface area (Å²) in [7, 11) is 0. The van der Waals surface area contributed by atoms with Gasteiger partial charge in [-0.2, -0.15) is 10.2 Å². The van der Waals surface area contributed by atoms with Gasteiger partial charge in [-0.05, 0) is 27.7 Å². The summed E-state index contributed by atoms with van der Waals surface area (Å²) in [5.74, 6) is -1.95. The Balaban J connectivity index is 4.45. The van der Waals surface area contributed by atoms with Crippen LogP contribution in [0.2, 0.25) is 0 Å². The molecule has 0 saturated heterocycles. The van der Waals surface area contributed by atoms with Crippen molar-refractivity contribution in [3.05, 3.63) is 0 Å². The minimum atomic E-state index is -1.92. The van der Waals surface area contributed by atoms with Gasteiger partial charge in [0.2, 0.25) is 0 Å². The van der Waals surface area contributed by atoms with Gasteiger partial charge < -0.3 is 10.2 Å². The topological polar surface area (TPSA) is 123 Å². The summed E-state index contributed by atoms with van der Waals surface area (Å²) in [5, 5.41) is 25.9. The highest BCUT2D eigenvalue weighted by Crippen LogP contribution is 1.95. The number of hydrazone groups is 2. The number of nitrogens with one attached hydrogen (secondary N) is 2. The van der Waals surface area contributed by atoms with Crippen molar-refractivity contribution in [2.24, 2.45) is 10.2 Å². The normalized spacial score (nSPS) is 13.0. The lowest BCUT2D eigenvalue weighted by molar-refractivity contribution is -0.146. The van der Waals surface area contributed by atoms with Gasteiger partial charge in [-0.15, -0.1) is 0 Å². The van der Waals surface area contributed by atoms with Crippen LogP contribution in [0.5, 0.6) is 0 Å². The molecule has 0 unspecified atom stereocenters. The smallest absolute Gasteiger partial charge is 0.272 e. The Kier molecular flexibility index (Phi) is 6.76. The highest BCUT2D eigenvalue weighted by molar-refractivity contribution is 5.92. The minimum Gasteiger partial charge on any atom is -0.380 e. The third-order valence-corrected chi connectivity index (χ3v) is 1.62.